The van der Waals surface area contributed by atoms with E-state index in [1.165, 1.54) is 55.5 Å². The summed E-state index contributed by atoms with van der Waals surface area (Å²) >= 11 is 0. The average Bonchev–Trinajstić information content (AvgIpc) is 3.50. The molecule has 31 heavy (non-hydrogen) atoms. The van der Waals surface area contributed by atoms with Gasteiger partial charge in [0.15, 0.2) is 0 Å². The number of carbonyl (C=O) groups is 1. The molecule has 1 atom stereocenters. The van der Waals surface area contributed by atoms with Gasteiger partial charge in [-0.2, -0.15) is 0 Å². The molecule has 1 heterocycles. The number of aryl methyl sites for hydroxylation is 1. The summed E-state index contributed by atoms with van der Waals surface area (Å²) in [6.07, 6.45) is 8.28. The van der Waals surface area contributed by atoms with Gasteiger partial charge in [-0.15, -0.1) is 0 Å². The quantitative estimate of drug-likeness (QED) is 0.653. The number of benzene rings is 2. The van der Waals surface area contributed by atoms with Crippen molar-refractivity contribution in [1.82, 2.24) is 9.80 Å². The van der Waals surface area contributed by atoms with E-state index in [2.05, 4.69) is 23.1 Å². The van der Waals surface area contributed by atoms with Gasteiger partial charge in [0.05, 0.1) is 6.61 Å². The fourth-order valence-electron chi connectivity index (χ4n) is 4.98. The third kappa shape index (κ3) is 4.95. The predicted octanol–water partition coefficient (Wildman–Crippen LogP) is 4.70. The lowest BCUT2D eigenvalue weighted by Gasteiger charge is -2.33. The van der Waals surface area contributed by atoms with E-state index in [0.29, 0.717) is 0 Å². The van der Waals surface area contributed by atoms with Crippen LogP contribution in [-0.4, -0.2) is 48.5 Å². The maximum absolute atomic E-state index is 13.1. The number of amides is 1. The van der Waals surface area contributed by atoms with Crippen LogP contribution < -0.4 is 4.74 Å². The summed E-state index contributed by atoms with van der Waals surface area (Å²) < 4.78 is 5.80. The number of ether oxygens (including phenoxy) is 1. The molecule has 2 fully saturated rings. The summed E-state index contributed by atoms with van der Waals surface area (Å²) in [5.41, 5.74) is 5.07. The first kappa shape index (κ1) is 20.6. The molecule has 0 aromatic heterocycles. The highest BCUT2D eigenvalue weighted by atomic mass is 16.5. The number of hydrogen-bond donors (Lipinski definition) is 0. The Bertz CT molecular complexity index is 913. The van der Waals surface area contributed by atoms with Gasteiger partial charge in [0.1, 0.15) is 5.75 Å². The van der Waals surface area contributed by atoms with Gasteiger partial charge in [-0.1, -0.05) is 18.2 Å². The second-order valence-corrected chi connectivity index (χ2v) is 9.68. The van der Waals surface area contributed by atoms with Gasteiger partial charge in [0.25, 0.3) is 5.91 Å². The number of likely N-dealkylation sites (tertiary alicyclic amines) is 1. The molecule has 2 aromatic carbocycles. The highest BCUT2D eigenvalue weighted by molar-refractivity contribution is 5.94. The van der Waals surface area contributed by atoms with Crippen LogP contribution in [0.4, 0.5) is 0 Å². The standard InChI is InChI=1S/C27H34N2O2/c1-28(27(30)22-9-12-26(13-10-22)31-19-20-4-5-20)25-11-8-23-16-21(6-7-24(23)17-25)18-29-14-2-3-15-29/h6-7,9-10,12-13,16,20,25H,2-5,8,11,14-15,17-19H2,1H3/t25-/m0/s1. The molecule has 3 aliphatic rings. The van der Waals surface area contributed by atoms with Crippen LogP contribution in [0.3, 0.4) is 0 Å². The van der Waals surface area contributed by atoms with Crippen molar-refractivity contribution in [3.8, 4) is 5.75 Å². The molecular weight excluding hydrogens is 384 g/mol. The van der Waals surface area contributed by atoms with Gasteiger partial charge in [-0.3, -0.25) is 9.69 Å². The van der Waals surface area contributed by atoms with Crippen LogP contribution in [0.2, 0.25) is 0 Å². The molecule has 2 aliphatic carbocycles. The Kier molecular flexibility index (Phi) is 5.99. The number of hydrogen-bond acceptors (Lipinski definition) is 3. The lowest BCUT2D eigenvalue weighted by Crippen LogP contribution is -2.40. The van der Waals surface area contributed by atoms with Crippen LogP contribution in [0.1, 0.15) is 59.2 Å². The van der Waals surface area contributed by atoms with E-state index in [0.717, 1.165) is 49.6 Å². The number of fused-ring (bicyclic) bond motifs is 1. The minimum absolute atomic E-state index is 0.104. The minimum Gasteiger partial charge on any atom is -0.493 e. The van der Waals surface area contributed by atoms with Crippen molar-refractivity contribution >= 4 is 5.91 Å². The maximum atomic E-state index is 13.1. The molecular formula is C27H34N2O2. The summed E-state index contributed by atoms with van der Waals surface area (Å²) in [4.78, 5) is 17.6. The first-order valence-electron chi connectivity index (χ1n) is 12.0. The number of rotatable bonds is 7. The molecule has 1 amide bonds. The SMILES string of the molecule is CN(C(=O)c1ccc(OCC2CC2)cc1)[C@H]1CCc2cc(CN3CCCC3)ccc2C1. The van der Waals surface area contributed by atoms with Crippen molar-refractivity contribution in [2.45, 2.75) is 57.5 Å². The van der Waals surface area contributed by atoms with Crippen LogP contribution in [0, 0.1) is 5.92 Å². The number of nitrogens with zero attached hydrogens (tertiary/aromatic N) is 2. The van der Waals surface area contributed by atoms with Crippen molar-refractivity contribution in [1.29, 1.82) is 0 Å². The Labute approximate surface area is 186 Å². The Morgan fingerprint density at radius 2 is 1.81 bits per heavy atom. The molecule has 2 aromatic rings. The first-order chi connectivity index (χ1) is 15.2. The summed E-state index contributed by atoms with van der Waals surface area (Å²) in [5, 5.41) is 0. The van der Waals surface area contributed by atoms with Gasteiger partial charge >= 0.3 is 0 Å². The second-order valence-electron chi connectivity index (χ2n) is 9.68. The number of carbonyl (C=O) groups excluding carboxylic acids is 1. The highest BCUT2D eigenvalue weighted by Crippen LogP contribution is 2.30. The fraction of sp³-hybridized carbons (Fsp3) is 0.519. The minimum atomic E-state index is 0.104. The Morgan fingerprint density at radius 3 is 2.55 bits per heavy atom. The molecule has 164 valence electrons. The van der Waals surface area contributed by atoms with Gasteiger partial charge in [0.2, 0.25) is 0 Å². The zero-order chi connectivity index (χ0) is 21.2. The fourth-order valence-corrected chi connectivity index (χ4v) is 4.98. The van der Waals surface area contributed by atoms with E-state index < -0.39 is 0 Å². The van der Waals surface area contributed by atoms with Crippen molar-refractivity contribution < 1.29 is 9.53 Å². The van der Waals surface area contributed by atoms with Crippen LogP contribution in [0.25, 0.3) is 0 Å². The summed E-state index contributed by atoms with van der Waals surface area (Å²) in [6.45, 7) is 4.35. The average molecular weight is 419 g/mol. The topological polar surface area (TPSA) is 32.8 Å². The van der Waals surface area contributed by atoms with Crippen LogP contribution in [-0.2, 0) is 19.4 Å². The van der Waals surface area contributed by atoms with Crippen molar-refractivity contribution in [2.75, 3.05) is 26.7 Å². The van der Waals surface area contributed by atoms with Crippen LogP contribution in [0.5, 0.6) is 5.75 Å². The molecule has 0 N–H and O–H groups in total. The van der Waals surface area contributed by atoms with Crippen molar-refractivity contribution in [3.63, 3.8) is 0 Å². The number of likely N-dealkylation sites (N-methyl/N-ethyl adjacent to an activating group) is 1. The molecule has 4 nitrogen and oxygen atoms in total. The Morgan fingerprint density at radius 1 is 1.03 bits per heavy atom. The molecule has 0 bridgehead atoms. The Hall–Kier alpha value is -2.33. The normalized spacial score (nSPS) is 21.0. The summed E-state index contributed by atoms with van der Waals surface area (Å²) in [5.74, 6) is 1.70. The smallest absolute Gasteiger partial charge is 0.253 e. The summed E-state index contributed by atoms with van der Waals surface area (Å²) in [7, 11) is 1.96. The van der Waals surface area contributed by atoms with E-state index in [1.807, 2.05) is 36.2 Å². The molecule has 5 rings (SSSR count). The molecule has 1 saturated heterocycles. The molecule has 4 heteroatoms. The lowest BCUT2D eigenvalue weighted by molar-refractivity contribution is 0.0719. The molecule has 1 saturated carbocycles. The molecule has 1 aliphatic heterocycles. The van der Waals surface area contributed by atoms with Crippen molar-refractivity contribution in [3.05, 3.63) is 64.7 Å². The first-order valence-corrected chi connectivity index (χ1v) is 12.0. The van der Waals surface area contributed by atoms with E-state index in [4.69, 9.17) is 4.74 Å². The second kappa shape index (κ2) is 9.04. The van der Waals surface area contributed by atoms with Gasteiger partial charge in [0, 0.05) is 25.2 Å². The zero-order valence-electron chi connectivity index (χ0n) is 18.7. The van der Waals surface area contributed by atoms with Crippen LogP contribution >= 0.6 is 0 Å². The third-order valence-electron chi connectivity index (χ3n) is 7.23. The zero-order valence-corrected chi connectivity index (χ0v) is 18.7. The van der Waals surface area contributed by atoms with Crippen LogP contribution in [0.15, 0.2) is 42.5 Å². The van der Waals surface area contributed by atoms with E-state index in [-0.39, 0.29) is 11.9 Å². The molecule has 0 radical (unpaired) electrons. The molecule has 0 spiro atoms. The van der Waals surface area contributed by atoms with Gasteiger partial charge in [-0.25, -0.2) is 0 Å². The predicted molar refractivity (Wildman–Crippen MR) is 124 cm³/mol. The van der Waals surface area contributed by atoms with Crippen molar-refractivity contribution in [2.24, 2.45) is 5.92 Å². The van der Waals surface area contributed by atoms with E-state index >= 15 is 0 Å². The van der Waals surface area contributed by atoms with E-state index in [1.54, 1.807) is 0 Å². The third-order valence-corrected chi connectivity index (χ3v) is 7.23. The van der Waals surface area contributed by atoms with Gasteiger partial charge < -0.3 is 9.64 Å². The van der Waals surface area contributed by atoms with Gasteiger partial charge in [-0.05, 0) is 105 Å². The van der Waals surface area contributed by atoms with E-state index in [9.17, 15) is 4.79 Å². The largest absolute Gasteiger partial charge is 0.493 e. The highest BCUT2D eigenvalue weighted by Gasteiger charge is 2.26. The Balaban J connectivity index is 1.19. The molecule has 0 unspecified atom stereocenters. The lowest BCUT2D eigenvalue weighted by atomic mass is 9.86. The summed E-state index contributed by atoms with van der Waals surface area (Å²) in [6, 6.07) is 14.9. The maximum Gasteiger partial charge on any atom is 0.253 e. The monoisotopic (exact) mass is 418 g/mol.